The van der Waals surface area contributed by atoms with Crippen LogP contribution in [0.5, 0.6) is 5.75 Å². The van der Waals surface area contributed by atoms with Crippen LogP contribution in [0.4, 0.5) is 10.5 Å². The van der Waals surface area contributed by atoms with Crippen molar-refractivity contribution in [1.29, 1.82) is 5.41 Å². The SMILES string of the molecule is Cc1onc(-c2ccccc2NC(=N)N)c1OC(=O)O. The number of hydrogen-bond acceptors (Lipinski definition) is 5. The molecule has 0 saturated carbocycles. The van der Waals surface area contributed by atoms with Crippen LogP contribution in [0, 0.1) is 12.3 Å². The van der Waals surface area contributed by atoms with E-state index in [1.54, 1.807) is 24.3 Å². The number of nitrogens with two attached hydrogens (primary N) is 1. The smallest absolute Gasteiger partial charge is 0.449 e. The molecule has 0 fully saturated rings. The van der Waals surface area contributed by atoms with Gasteiger partial charge in [0.05, 0.1) is 5.69 Å². The van der Waals surface area contributed by atoms with Crippen LogP contribution < -0.4 is 15.8 Å². The zero-order valence-electron chi connectivity index (χ0n) is 10.5. The molecule has 0 bridgehead atoms. The van der Waals surface area contributed by atoms with Crippen molar-refractivity contribution in [2.75, 3.05) is 5.32 Å². The summed E-state index contributed by atoms with van der Waals surface area (Å²) in [5.74, 6) is -0.00583. The van der Waals surface area contributed by atoms with Gasteiger partial charge in [-0.25, -0.2) is 4.79 Å². The molecule has 0 atom stereocenters. The first-order valence-electron chi connectivity index (χ1n) is 5.56. The average Bonchev–Trinajstić information content (AvgIpc) is 2.71. The zero-order valence-corrected chi connectivity index (χ0v) is 10.5. The van der Waals surface area contributed by atoms with Crippen molar-refractivity contribution in [2.45, 2.75) is 6.92 Å². The van der Waals surface area contributed by atoms with E-state index in [1.807, 2.05) is 0 Å². The molecule has 0 aliphatic carbocycles. The van der Waals surface area contributed by atoms with Crippen LogP contribution in [0.1, 0.15) is 5.76 Å². The second kappa shape index (κ2) is 5.31. The van der Waals surface area contributed by atoms with Crippen LogP contribution in [-0.4, -0.2) is 22.4 Å². The van der Waals surface area contributed by atoms with Gasteiger partial charge in [0.25, 0.3) is 0 Å². The maximum absolute atomic E-state index is 10.7. The van der Waals surface area contributed by atoms with Crippen molar-refractivity contribution in [2.24, 2.45) is 5.73 Å². The van der Waals surface area contributed by atoms with Crippen molar-refractivity contribution in [1.82, 2.24) is 5.16 Å². The molecule has 20 heavy (non-hydrogen) atoms. The lowest BCUT2D eigenvalue weighted by atomic mass is 10.1. The fourth-order valence-corrected chi connectivity index (χ4v) is 1.69. The Morgan fingerprint density at radius 3 is 2.85 bits per heavy atom. The molecular formula is C12H12N4O4. The lowest BCUT2D eigenvalue weighted by molar-refractivity contribution is 0.143. The number of benzene rings is 1. The van der Waals surface area contributed by atoms with E-state index in [-0.39, 0.29) is 23.2 Å². The van der Waals surface area contributed by atoms with Crippen LogP contribution in [0.15, 0.2) is 28.8 Å². The fourth-order valence-electron chi connectivity index (χ4n) is 1.69. The molecule has 2 rings (SSSR count). The Morgan fingerprint density at radius 1 is 1.50 bits per heavy atom. The number of para-hydroxylation sites is 1. The lowest BCUT2D eigenvalue weighted by Gasteiger charge is -2.09. The van der Waals surface area contributed by atoms with Crippen molar-refractivity contribution in [3.8, 4) is 17.0 Å². The lowest BCUT2D eigenvalue weighted by Crippen LogP contribution is -2.20. The van der Waals surface area contributed by atoms with Gasteiger partial charge in [-0.05, 0) is 6.07 Å². The Hall–Kier alpha value is -3.03. The zero-order chi connectivity index (χ0) is 14.7. The predicted molar refractivity (Wildman–Crippen MR) is 70.9 cm³/mol. The Labute approximate surface area is 113 Å². The summed E-state index contributed by atoms with van der Waals surface area (Å²) in [5.41, 5.74) is 6.51. The second-order valence-electron chi connectivity index (χ2n) is 3.87. The number of aromatic nitrogens is 1. The van der Waals surface area contributed by atoms with Gasteiger partial charge in [0.1, 0.15) is 0 Å². The highest BCUT2D eigenvalue weighted by molar-refractivity contribution is 5.95. The molecule has 0 saturated heterocycles. The highest BCUT2D eigenvalue weighted by Gasteiger charge is 2.21. The first kappa shape index (κ1) is 13.4. The third-order valence-electron chi connectivity index (χ3n) is 2.45. The van der Waals surface area contributed by atoms with Crippen molar-refractivity contribution < 1.29 is 19.2 Å². The van der Waals surface area contributed by atoms with E-state index >= 15 is 0 Å². The van der Waals surface area contributed by atoms with Crippen LogP contribution in [0.3, 0.4) is 0 Å². The summed E-state index contributed by atoms with van der Waals surface area (Å²) < 4.78 is 9.64. The number of carboxylic acid groups (broad SMARTS) is 1. The van der Waals surface area contributed by atoms with Gasteiger partial charge in [-0.15, -0.1) is 0 Å². The standard InChI is InChI=1S/C12H12N4O4/c1-6-10(19-12(17)18)9(16-20-6)7-4-2-3-5-8(7)15-11(13)14/h2-5H,1H3,(H,17,18)(H4,13,14,15). The number of anilines is 1. The van der Waals surface area contributed by atoms with Crippen LogP contribution in [-0.2, 0) is 0 Å². The Bertz CT molecular complexity index is 665. The number of aryl methyl sites for hydroxylation is 1. The molecule has 5 N–H and O–H groups in total. The van der Waals surface area contributed by atoms with Crippen LogP contribution in [0.25, 0.3) is 11.3 Å². The molecule has 104 valence electrons. The van der Waals surface area contributed by atoms with Gasteiger partial charge in [0, 0.05) is 12.5 Å². The molecular weight excluding hydrogens is 264 g/mol. The predicted octanol–water partition coefficient (Wildman–Crippen LogP) is 2.01. The number of guanidine groups is 1. The van der Waals surface area contributed by atoms with Crippen LogP contribution >= 0.6 is 0 Å². The highest BCUT2D eigenvalue weighted by Crippen LogP contribution is 2.36. The van der Waals surface area contributed by atoms with Gasteiger partial charge in [-0.1, -0.05) is 23.4 Å². The summed E-state index contributed by atoms with van der Waals surface area (Å²) in [6.45, 7) is 1.54. The monoisotopic (exact) mass is 276 g/mol. The first-order chi connectivity index (χ1) is 9.49. The van der Waals surface area contributed by atoms with E-state index < -0.39 is 6.16 Å². The molecule has 0 radical (unpaired) electrons. The molecule has 2 aromatic rings. The first-order valence-corrected chi connectivity index (χ1v) is 5.56. The summed E-state index contributed by atoms with van der Waals surface area (Å²) in [6.07, 6.45) is -1.46. The molecule has 0 amide bonds. The normalized spacial score (nSPS) is 10.1. The topological polar surface area (TPSA) is 134 Å². The molecule has 0 spiro atoms. The molecule has 8 nitrogen and oxygen atoms in total. The fraction of sp³-hybridized carbons (Fsp3) is 0.0833. The summed E-state index contributed by atoms with van der Waals surface area (Å²) in [6, 6.07) is 6.82. The minimum atomic E-state index is -1.46. The molecule has 0 unspecified atom stereocenters. The highest BCUT2D eigenvalue weighted by atomic mass is 16.7. The maximum Gasteiger partial charge on any atom is 0.511 e. The van der Waals surface area contributed by atoms with Gasteiger partial charge in [0.15, 0.2) is 17.4 Å². The third-order valence-corrected chi connectivity index (χ3v) is 2.45. The van der Waals surface area contributed by atoms with E-state index in [9.17, 15) is 4.79 Å². The molecule has 0 aliphatic rings. The Balaban J connectivity index is 2.51. The molecule has 1 aromatic carbocycles. The van der Waals surface area contributed by atoms with E-state index in [0.717, 1.165) is 0 Å². The summed E-state index contributed by atoms with van der Waals surface area (Å²) in [7, 11) is 0. The molecule has 1 aromatic heterocycles. The van der Waals surface area contributed by atoms with Gasteiger partial charge in [0.2, 0.25) is 5.75 Å². The quantitative estimate of drug-likeness (QED) is 0.382. The third kappa shape index (κ3) is 2.69. The summed E-state index contributed by atoms with van der Waals surface area (Å²) >= 11 is 0. The van der Waals surface area contributed by atoms with E-state index in [0.29, 0.717) is 11.3 Å². The van der Waals surface area contributed by atoms with Crippen LogP contribution in [0.2, 0.25) is 0 Å². The number of ether oxygens (including phenoxy) is 1. The van der Waals surface area contributed by atoms with Crippen molar-refractivity contribution in [3.05, 3.63) is 30.0 Å². The van der Waals surface area contributed by atoms with Gasteiger partial charge in [-0.2, -0.15) is 0 Å². The number of carbonyl (C=O) groups is 1. The molecule has 0 aliphatic heterocycles. The number of rotatable bonds is 3. The van der Waals surface area contributed by atoms with Crippen molar-refractivity contribution >= 4 is 17.8 Å². The Kier molecular flexibility index (Phi) is 3.56. The second-order valence-corrected chi connectivity index (χ2v) is 3.87. The molecule has 1 heterocycles. The van der Waals surface area contributed by atoms with E-state index in [1.165, 1.54) is 6.92 Å². The largest absolute Gasteiger partial charge is 0.511 e. The minimum Gasteiger partial charge on any atom is -0.449 e. The number of nitrogens with zero attached hydrogens (tertiary/aromatic N) is 1. The summed E-state index contributed by atoms with van der Waals surface area (Å²) in [5, 5.41) is 22.4. The number of nitrogens with one attached hydrogen (secondary N) is 2. The Morgan fingerprint density at radius 2 is 2.20 bits per heavy atom. The maximum atomic E-state index is 10.7. The van der Waals surface area contributed by atoms with Gasteiger partial charge >= 0.3 is 6.16 Å². The average molecular weight is 276 g/mol. The van der Waals surface area contributed by atoms with E-state index in [4.69, 9.17) is 20.8 Å². The minimum absolute atomic E-state index is 0.00954. The summed E-state index contributed by atoms with van der Waals surface area (Å²) in [4.78, 5) is 10.7. The molecule has 8 heteroatoms. The number of hydrogen-bond donors (Lipinski definition) is 4. The van der Waals surface area contributed by atoms with Crippen molar-refractivity contribution in [3.63, 3.8) is 0 Å². The van der Waals surface area contributed by atoms with Gasteiger partial charge < -0.3 is 25.4 Å². The van der Waals surface area contributed by atoms with E-state index in [2.05, 4.69) is 15.2 Å². The van der Waals surface area contributed by atoms with Gasteiger partial charge in [-0.3, -0.25) is 5.41 Å².